The van der Waals surface area contributed by atoms with Crippen LogP contribution in [0.3, 0.4) is 0 Å². The number of nitrogens with zero attached hydrogens (tertiary/aromatic N) is 1. The molecule has 2 heterocycles. The minimum absolute atomic E-state index is 0.0114. The SMILES string of the molecule is COCOc1ccc(-c2ccccc2C(=O)Nc2ccc(C(=O)N3CCCCc4sccc43)cc2)cc1. The Morgan fingerprint density at radius 3 is 2.51 bits per heavy atom. The topological polar surface area (TPSA) is 67.9 Å². The summed E-state index contributed by atoms with van der Waals surface area (Å²) in [7, 11) is 1.57. The standard InChI is InChI=1S/C30H28N2O4S/c1-35-20-36-24-15-11-21(12-16-24)25-6-2-3-7-26(25)29(33)31-23-13-9-22(10-14-23)30(34)32-18-5-4-8-28-27(32)17-19-37-28/h2-3,6-7,9-17,19H,4-5,8,18,20H2,1H3,(H,31,33). The average molecular weight is 513 g/mol. The maximum Gasteiger partial charge on any atom is 0.258 e. The third kappa shape index (κ3) is 5.58. The van der Waals surface area contributed by atoms with E-state index in [2.05, 4.69) is 10.7 Å². The molecular formula is C30H28N2O4S. The number of ether oxygens (including phenoxy) is 2. The summed E-state index contributed by atoms with van der Waals surface area (Å²) in [6.07, 6.45) is 3.11. The number of anilines is 2. The smallest absolute Gasteiger partial charge is 0.258 e. The predicted octanol–water partition coefficient (Wildman–Crippen LogP) is 6.63. The largest absolute Gasteiger partial charge is 0.468 e. The van der Waals surface area contributed by atoms with Crippen LogP contribution in [0.15, 0.2) is 84.2 Å². The van der Waals surface area contributed by atoms with E-state index in [-0.39, 0.29) is 18.6 Å². The Bertz CT molecular complexity index is 1380. The molecule has 2 amide bonds. The van der Waals surface area contributed by atoms with Gasteiger partial charge in [0.15, 0.2) is 6.79 Å². The molecule has 4 aromatic rings. The van der Waals surface area contributed by atoms with Gasteiger partial charge >= 0.3 is 0 Å². The fourth-order valence-corrected chi connectivity index (χ4v) is 5.41. The number of nitrogens with one attached hydrogen (secondary N) is 1. The van der Waals surface area contributed by atoms with Crippen LogP contribution in [0.2, 0.25) is 0 Å². The number of amides is 2. The lowest BCUT2D eigenvalue weighted by Gasteiger charge is -2.21. The molecule has 3 aromatic carbocycles. The monoisotopic (exact) mass is 512 g/mol. The van der Waals surface area contributed by atoms with Gasteiger partial charge in [-0.3, -0.25) is 9.59 Å². The molecule has 0 aliphatic carbocycles. The Morgan fingerprint density at radius 1 is 0.946 bits per heavy atom. The molecule has 0 saturated heterocycles. The van der Waals surface area contributed by atoms with Crippen molar-refractivity contribution in [2.24, 2.45) is 0 Å². The van der Waals surface area contributed by atoms with Crippen LogP contribution in [-0.2, 0) is 11.2 Å². The van der Waals surface area contributed by atoms with Gasteiger partial charge in [-0.1, -0.05) is 30.3 Å². The number of hydrogen-bond donors (Lipinski definition) is 1. The van der Waals surface area contributed by atoms with Crippen LogP contribution < -0.4 is 15.0 Å². The zero-order valence-corrected chi connectivity index (χ0v) is 21.4. The Labute approximate surface area is 220 Å². The lowest BCUT2D eigenvalue weighted by Crippen LogP contribution is -2.31. The summed E-state index contributed by atoms with van der Waals surface area (Å²) in [5, 5.41) is 5.02. The van der Waals surface area contributed by atoms with Crippen molar-refractivity contribution in [2.45, 2.75) is 19.3 Å². The third-order valence-corrected chi connectivity index (χ3v) is 7.33. The first-order valence-corrected chi connectivity index (χ1v) is 13.1. The van der Waals surface area contributed by atoms with Crippen molar-refractivity contribution in [3.63, 3.8) is 0 Å². The fraction of sp³-hybridized carbons (Fsp3) is 0.200. The van der Waals surface area contributed by atoms with E-state index in [0.717, 1.165) is 42.6 Å². The van der Waals surface area contributed by atoms with Gasteiger partial charge in [-0.25, -0.2) is 0 Å². The van der Waals surface area contributed by atoms with E-state index >= 15 is 0 Å². The maximum atomic E-state index is 13.3. The van der Waals surface area contributed by atoms with Crippen molar-refractivity contribution in [3.8, 4) is 16.9 Å². The molecule has 1 aliphatic heterocycles. The minimum Gasteiger partial charge on any atom is -0.468 e. The highest BCUT2D eigenvalue weighted by molar-refractivity contribution is 7.10. The fourth-order valence-electron chi connectivity index (χ4n) is 4.49. The van der Waals surface area contributed by atoms with Gasteiger partial charge in [0.05, 0.1) is 5.69 Å². The quantitative estimate of drug-likeness (QED) is 0.282. The summed E-state index contributed by atoms with van der Waals surface area (Å²) >= 11 is 1.71. The summed E-state index contributed by atoms with van der Waals surface area (Å²) in [5.41, 5.74) is 4.54. The second-order valence-corrected chi connectivity index (χ2v) is 9.80. The van der Waals surface area contributed by atoms with Crippen LogP contribution in [0.1, 0.15) is 38.4 Å². The summed E-state index contributed by atoms with van der Waals surface area (Å²) < 4.78 is 10.4. The number of benzene rings is 3. The Hall–Kier alpha value is -3.94. The molecule has 6 nitrogen and oxygen atoms in total. The molecule has 7 heteroatoms. The summed E-state index contributed by atoms with van der Waals surface area (Å²) in [4.78, 5) is 29.6. The Kier molecular flexibility index (Phi) is 7.63. The second-order valence-electron chi connectivity index (χ2n) is 8.80. The van der Waals surface area contributed by atoms with E-state index in [1.165, 1.54) is 4.88 Å². The van der Waals surface area contributed by atoms with Crippen molar-refractivity contribution in [1.29, 1.82) is 0 Å². The normalized spacial score (nSPS) is 12.9. The number of carbonyl (C=O) groups excluding carboxylic acids is 2. The number of rotatable bonds is 7. The van der Waals surface area contributed by atoms with E-state index in [1.807, 2.05) is 53.4 Å². The van der Waals surface area contributed by atoms with Gasteiger partial charge in [0.1, 0.15) is 5.75 Å². The minimum atomic E-state index is -0.218. The molecule has 37 heavy (non-hydrogen) atoms. The highest BCUT2D eigenvalue weighted by Crippen LogP contribution is 2.32. The van der Waals surface area contributed by atoms with Gasteiger partial charge in [-0.15, -0.1) is 11.3 Å². The molecule has 1 aliphatic rings. The molecule has 0 radical (unpaired) electrons. The number of fused-ring (bicyclic) bond motifs is 1. The molecule has 0 bridgehead atoms. The highest BCUT2D eigenvalue weighted by Gasteiger charge is 2.23. The molecule has 0 spiro atoms. The summed E-state index contributed by atoms with van der Waals surface area (Å²) in [6.45, 7) is 0.896. The van der Waals surface area contributed by atoms with Crippen molar-refractivity contribution >= 4 is 34.5 Å². The molecular weight excluding hydrogens is 484 g/mol. The van der Waals surface area contributed by atoms with Gasteiger partial charge in [0.2, 0.25) is 0 Å². The Morgan fingerprint density at radius 2 is 1.73 bits per heavy atom. The maximum absolute atomic E-state index is 13.3. The molecule has 1 aromatic heterocycles. The van der Waals surface area contributed by atoms with Crippen LogP contribution in [0.5, 0.6) is 5.75 Å². The van der Waals surface area contributed by atoms with Crippen LogP contribution >= 0.6 is 11.3 Å². The van der Waals surface area contributed by atoms with E-state index in [0.29, 0.717) is 22.6 Å². The van der Waals surface area contributed by atoms with Gasteiger partial charge in [-0.05, 0) is 84.3 Å². The number of aryl methyl sites for hydroxylation is 1. The van der Waals surface area contributed by atoms with Gasteiger partial charge in [-0.2, -0.15) is 0 Å². The lowest BCUT2D eigenvalue weighted by atomic mass is 9.99. The van der Waals surface area contributed by atoms with Crippen LogP contribution in [0.4, 0.5) is 11.4 Å². The van der Waals surface area contributed by atoms with E-state index < -0.39 is 0 Å². The molecule has 0 unspecified atom stereocenters. The number of thiophene rings is 1. The number of carbonyl (C=O) groups is 2. The second kappa shape index (κ2) is 11.4. The summed E-state index contributed by atoms with van der Waals surface area (Å²) in [5.74, 6) is 0.463. The molecule has 0 fully saturated rings. The van der Waals surface area contributed by atoms with Gasteiger partial charge in [0.25, 0.3) is 11.8 Å². The molecule has 188 valence electrons. The van der Waals surface area contributed by atoms with Crippen LogP contribution in [-0.4, -0.2) is 32.3 Å². The first kappa shape index (κ1) is 24.7. The van der Waals surface area contributed by atoms with E-state index in [1.54, 1.807) is 48.8 Å². The van der Waals surface area contributed by atoms with Crippen molar-refractivity contribution in [2.75, 3.05) is 30.7 Å². The van der Waals surface area contributed by atoms with Crippen molar-refractivity contribution in [1.82, 2.24) is 0 Å². The highest BCUT2D eigenvalue weighted by atomic mass is 32.1. The average Bonchev–Trinajstić information content (AvgIpc) is 3.31. The van der Waals surface area contributed by atoms with Gasteiger partial charge in [0, 0.05) is 35.3 Å². The van der Waals surface area contributed by atoms with Crippen LogP contribution in [0, 0.1) is 0 Å². The third-order valence-electron chi connectivity index (χ3n) is 6.36. The first-order chi connectivity index (χ1) is 18.1. The van der Waals surface area contributed by atoms with Crippen molar-refractivity contribution < 1.29 is 19.1 Å². The van der Waals surface area contributed by atoms with Crippen LogP contribution in [0.25, 0.3) is 11.1 Å². The summed E-state index contributed by atoms with van der Waals surface area (Å²) in [6, 6.07) is 24.2. The van der Waals surface area contributed by atoms with E-state index in [9.17, 15) is 9.59 Å². The molecule has 1 N–H and O–H groups in total. The molecule has 0 atom stereocenters. The van der Waals surface area contributed by atoms with E-state index in [4.69, 9.17) is 9.47 Å². The molecule has 0 saturated carbocycles. The lowest BCUT2D eigenvalue weighted by molar-refractivity contribution is 0.0511. The van der Waals surface area contributed by atoms with Crippen molar-refractivity contribution in [3.05, 3.63) is 100 Å². The van der Waals surface area contributed by atoms with Gasteiger partial charge < -0.3 is 19.7 Å². The molecule has 5 rings (SSSR count). The number of hydrogen-bond acceptors (Lipinski definition) is 5. The zero-order valence-electron chi connectivity index (χ0n) is 20.6. The first-order valence-electron chi connectivity index (χ1n) is 12.2. The zero-order chi connectivity index (χ0) is 25.6. The Balaban J connectivity index is 1.30. The number of methoxy groups -OCH3 is 1. The predicted molar refractivity (Wildman–Crippen MR) is 148 cm³/mol.